The summed E-state index contributed by atoms with van der Waals surface area (Å²) in [7, 11) is -3.04. The summed E-state index contributed by atoms with van der Waals surface area (Å²) in [4.78, 5) is 17.0. The fraction of sp³-hybridized carbons (Fsp3) is 0.519. The van der Waals surface area contributed by atoms with Crippen LogP contribution in [0.5, 0.6) is 0 Å². The number of rotatable bonds is 7. The SMILES string of the molecule is CC(C)c1ccc(N2C[C@H](CS(C)(=O)=O)[C@H]2C)c2cnc(Nc3ccnc(N4CC[C@@H](N)C(F)(F)C4)n3)cc12. The van der Waals surface area contributed by atoms with Crippen molar-refractivity contribution >= 4 is 43.9 Å². The first-order valence-electron chi connectivity index (χ1n) is 13.2. The molecule has 39 heavy (non-hydrogen) atoms. The molecule has 2 aromatic heterocycles. The Morgan fingerprint density at radius 1 is 1.18 bits per heavy atom. The third kappa shape index (κ3) is 5.62. The number of hydrogen-bond acceptors (Lipinski definition) is 9. The molecule has 12 heteroatoms. The number of pyridine rings is 1. The van der Waals surface area contributed by atoms with Crippen LogP contribution in [0.25, 0.3) is 10.8 Å². The van der Waals surface area contributed by atoms with Gasteiger partial charge in [-0.2, -0.15) is 4.98 Å². The van der Waals surface area contributed by atoms with Gasteiger partial charge in [0.1, 0.15) is 21.5 Å². The second-order valence-electron chi connectivity index (χ2n) is 11.1. The van der Waals surface area contributed by atoms with E-state index < -0.39 is 28.3 Å². The highest BCUT2D eigenvalue weighted by Crippen LogP contribution is 2.39. The van der Waals surface area contributed by atoms with Gasteiger partial charge in [0.2, 0.25) is 5.95 Å². The number of piperidine rings is 1. The summed E-state index contributed by atoms with van der Waals surface area (Å²) in [6.45, 7) is 6.83. The Balaban J connectivity index is 1.41. The van der Waals surface area contributed by atoms with Gasteiger partial charge in [0.05, 0.1) is 18.3 Å². The summed E-state index contributed by atoms with van der Waals surface area (Å²) < 4.78 is 52.0. The maximum absolute atomic E-state index is 14.2. The van der Waals surface area contributed by atoms with E-state index in [4.69, 9.17) is 5.73 Å². The zero-order valence-corrected chi connectivity index (χ0v) is 23.4. The van der Waals surface area contributed by atoms with Crippen molar-refractivity contribution in [3.8, 4) is 0 Å². The number of alkyl halides is 2. The van der Waals surface area contributed by atoms with Gasteiger partial charge < -0.3 is 20.9 Å². The molecule has 3 atom stereocenters. The molecule has 3 aromatic rings. The van der Waals surface area contributed by atoms with Crippen LogP contribution in [0.3, 0.4) is 0 Å². The Morgan fingerprint density at radius 2 is 1.95 bits per heavy atom. The van der Waals surface area contributed by atoms with Gasteiger partial charge in [-0.3, -0.25) is 0 Å². The molecule has 2 aliphatic rings. The average molecular weight is 560 g/mol. The van der Waals surface area contributed by atoms with Gasteiger partial charge in [-0.15, -0.1) is 0 Å². The highest BCUT2D eigenvalue weighted by atomic mass is 32.2. The third-order valence-electron chi connectivity index (χ3n) is 7.80. The van der Waals surface area contributed by atoms with Crippen molar-refractivity contribution in [3.63, 3.8) is 0 Å². The summed E-state index contributed by atoms with van der Waals surface area (Å²) >= 11 is 0. The maximum atomic E-state index is 14.2. The van der Waals surface area contributed by atoms with Crippen LogP contribution in [0.15, 0.2) is 36.7 Å². The Hall–Kier alpha value is -3.12. The number of nitrogens with zero attached hydrogens (tertiary/aromatic N) is 5. The van der Waals surface area contributed by atoms with Gasteiger partial charge in [0.25, 0.3) is 5.92 Å². The Kier molecular flexibility index (Phi) is 7.13. The van der Waals surface area contributed by atoms with Crippen molar-refractivity contribution in [2.75, 3.05) is 46.8 Å². The molecule has 210 valence electrons. The Labute approximate surface area is 227 Å². The van der Waals surface area contributed by atoms with E-state index >= 15 is 0 Å². The van der Waals surface area contributed by atoms with E-state index in [1.165, 1.54) is 17.4 Å². The molecule has 0 amide bonds. The van der Waals surface area contributed by atoms with Gasteiger partial charge in [0.15, 0.2) is 0 Å². The summed E-state index contributed by atoms with van der Waals surface area (Å²) in [6, 6.07) is 6.79. The fourth-order valence-electron chi connectivity index (χ4n) is 5.48. The van der Waals surface area contributed by atoms with Gasteiger partial charge >= 0.3 is 0 Å². The van der Waals surface area contributed by atoms with Gasteiger partial charge in [-0.25, -0.2) is 27.2 Å². The van der Waals surface area contributed by atoms with Crippen LogP contribution in [0.1, 0.15) is 38.7 Å². The molecule has 2 saturated heterocycles. The molecule has 0 unspecified atom stereocenters. The number of sulfone groups is 1. The minimum Gasteiger partial charge on any atom is -0.368 e. The minimum atomic E-state index is -3.04. The van der Waals surface area contributed by atoms with Crippen molar-refractivity contribution in [1.82, 2.24) is 15.0 Å². The average Bonchev–Trinajstić information content (AvgIpc) is 2.86. The van der Waals surface area contributed by atoms with Crippen LogP contribution >= 0.6 is 0 Å². The number of benzene rings is 1. The first kappa shape index (κ1) is 27.4. The standard InChI is InChI=1S/C27H35F2N7O2S/c1-16(2)19-5-6-22(36-13-18(17(36)3)14-39(4,37)38)21-12-32-25(11-20(19)21)33-24-7-9-31-26(34-24)35-10-8-23(30)27(28,29)15-35/h5-7,9,11-12,16-18,23H,8,10,13-15,30H2,1-4H3,(H,31,32,33,34)/t17-,18-,23-/m1/s1. The lowest BCUT2D eigenvalue weighted by molar-refractivity contribution is -0.0303. The number of fused-ring (bicyclic) bond motifs is 1. The number of halogens is 2. The van der Waals surface area contributed by atoms with E-state index in [1.54, 1.807) is 6.07 Å². The van der Waals surface area contributed by atoms with E-state index in [0.717, 1.165) is 22.0 Å². The molecular formula is C27H35F2N7O2S. The van der Waals surface area contributed by atoms with E-state index in [0.29, 0.717) is 24.7 Å². The van der Waals surface area contributed by atoms with Crippen molar-refractivity contribution < 1.29 is 17.2 Å². The molecule has 0 bridgehead atoms. The smallest absolute Gasteiger partial charge is 0.280 e. The normalized spacial score (nSPS) is 23.2. The third-order valence-corrected chi connectivity index (χ3v) is 8.83. The Bertz CT molecular complexity index is 1480. The molecule has 3 N–H and O–H groups in total. The van der Waals surface area contributed by atoms with Gasteiger partial charge in [-0.1, -0.05) is 19.9 Å². The lowest BCUT2D eigenvalue weighted by atomic mass is 9.88. The molecule has 1 aromatic carbocycles. The summed E-state index contributed by atoms with van der Waals surface area (Å²) in [5.41, 5.74) is 7.77. The van der Waals surface area contributed by atoms with Crippen molar-refractivity contribution in [3.05, 3.63) is 42.2 Å². The minimum absolute atomic E-state index is 0.0938. The lowest BCUT2D eigenvalue weighted by Crippen LogP contribution is -2.57. The Morgan fingerprint density at radius 3 is 2.62 bits per heavy atom. The molecule has 0 radical (unpaired) electrons. The van der Waals surface area contributed by atoms with Crippen LogP contribution in [0.4, 0.5) is 32.1 Å². The second-order valence-corrected chi connectivity index (χ2v) is 13.3. The van der Waals surface area contributed by atoms with Crippen LogP contribution in [0.2, 0.25) is 0 Å². The molecule has 2 fully saturated rings. The number of hydrogen-bond donors (Lipinski definition) is 2. The topological polar surface area (TPSA) is 117 Å². The van der Waals surface area contributed by atoms with E-state index in [9.17, 15) is 17.2 Å². The zero-order valence-electron chi connectivity index (χ0n) is 22.6. The monoisotopic (exact) mass is 559 g/mol. The van der Waals surface area contributed by atoms with Gasteiger partial charge in [-0.05, 0) is 48.4 Å². The molecule has 0 saturated carbocycles. The predicted octanol–water partition coefficient (Wildman–Crippen LogP) is 3.93. The highest BCUT2D eigenvalue weighted by molar-refractivity contribution is 7.90. The summed E-state index contributed by atoms with van der Waals surface area (Å²) in [6.07, 6.45) is 4.80. The number of anilines is 4. The molecule has 2 aliphatic heterocycles. The first-order valence-corrected chi connectivity index (χ1v) is 15.2. The number of aromatic nitrogens is 3. The number of nitrogens with two attached hydrogens (primary N) is 1. The predicted molar refractivity (Wildman–Crippen MR) is 151 cm³/mol. The highest BCUT2D eigenvalue weighted by Gasteiger charge is 2.43. The first-order chi connectivity index (χ1) is 18.3. The van der Waals surface area contributed by atoms with Crippen molar-refractivity contribution in [2.24, 2.45) is 11.7 Å². The van der Waals surface area contributed by atoms with Crippen molar-refractivity contribution in [1.29, 1.82) is 0 Å². The maximum Gasteiger partial charge on any atom is 0.280 e. The van der Waals surface area contributed by atoms with E-state index in [2.05, 4.69) is 58.1 Å². The van der Waals surface area contributed by atoms with E-state index in [-0.39, 0.29) is 36.0 Å². The largest absolute Gasteiger partial charge is 0.368 e. The van der Waals surface area contributed by atoms with Gasteiger partial charge in [0, 0.05) is 54.8 Å². The van der Waals surface area contributed by atoms with Crippen LogP contribution in [-0.4, -0.2) is 73.0 Å². The van der Waals surface area contributed by atoms with Crippen LogP contribution in [0, 0.1) is 5.92 Å². The lowest BCUT2D eigenvalue weighted by Gasteiger charge is -2.48. The molecule has 0 spiro atoms. The molecular weight excluding hydrogens is 524 g/mol. The molecule has 5 rings (SSSR count). The zero-order chi connectivity index (χ0) is 28.1. The molecule has 0 aliphatic carbocycles. The quantitative estimate of drug-likeness (QED) is 0.444. The number of nitrogens with one attached hydrogen (secondary N) is 1. The fourth-order valence-corrected chi connectivity index (χ4v) is 6.65. The van der Waals surface area contributed by atoms with Crippen molar-refractivity contribution in [2.45, 2.75) is 51.1 Å². The van der Waals surface area contributed by atoms with Crippen LogP contribution < -0.4 is 20.9 Å². The summed E-state index contributed by atoms with van der Waals surface area (Å²) in [5, 5.41) is 5.24. The molecule has 4 heterocycles. The summed E-state index contributed by atoms with van der Waals surface area (Å²) in [5.74, 6) is -1.22. The second kappa shape index (κ2) is 10.1. The van der Waals surface area contributed by atoms with Crippen LogP contribution in [-0.2, 0) is 9.84 Å². The molecule has 9 nitrogen and oxygen atoms in total. The van der Waals surface area contributed by atoms with E-state index in [1.807, 2.05) is 12.3 Å².